The number of aliphatic hydroxyl groups excluding tert-OH is 2. The van der Waals surface area contributed by atoms with Crippen LogP contribution in [-0.4, -0.2) is 64.4 Å². The first kappa shape index (κ1) is 16.0. The van der Waals surface area contributed by atoms with Crippen LogP contribution in [0.4, 0.5) is 5.82 Å². The molecule has 4 atom stereocenters. The van der Waals surface area contributed by atoms with Crippen LogP contribution in [-0.2, 0) is 18.6 Å². The fraction of sp³-hybridized carbons (Fsp3) is 0.500. The number of anilines is 1. The third kappa shape index (κ3) is 2.52. The van der Waals surface area contributed by atoms with E-state index >= 15 is 0 Å². The molecule has 2 fully saturated rings. The number of rotatable bonds is 4. The van der Waals surface area contributed by atoms with Crippen molar-refractivity contribution in [3.8, 4) is 0 Å². The molecule has 4 heterocycles. The number of hydrogen-bond donors (Lipinski definition) is 5. The number of nitrogen functional groups attached to an aromatic ring is 1. The van der Waals surface area contributed by atoms with Gasteiger partial charge in [0.15, 0.2) is 0 Å². The number of aromatic nitrogens is 4. The van der Waals surface area contributed by atoms with Gasteiger partial charge in [-0.05, 0) is 0 Å². The van der Waals surface area contributed by atoms with Crippen molar-refractivity contribution in [2.45, 2.75) is 24.5 Å². The van der Waals surface area contributed by atoms with E-state index in [1.54, 1.807) is 0 Å². The van der Waals surface area contributed by atoms with Crippen molar-refractivity contribution in [2.24, 2.45) is 0 Å². The SMILES string of the molecule is Nc1ncnc2c1ncn2[C@@H]1O[C@H](COP2(O)(O)OO2)[C@@H](O)[C@H]1O. The summed E-state index contributed by atoms with van der Waals surface area (Å²) in [6.45, 7) is -0.483. The molecule has 2 aromatic rings. The standard InChI is InChI=1S/C10H14N5O8P/c11-8-5-9(13-2-12-8)15(3-14-5)10-7(17)6(16)4(21-10)1-20-24(18,19)22-23-24/h2-4,6-7,10,16-19H,1H2,(H2,11,12,13)/t4-,6-,7-,10-/m1/s1. The van der Waals surface area contributed by atoms with E-state index in [9.17, 15) is 20.0 Å². The van der Waals surface area contributed by atoms with Crippen LogP contribution in [0.25, 0.3) is 11.2 Å². The summed E-state index contributed by atoms with van der Waals surface area (Å²) in [5.74, 6) is 0.157. The molecule has 0 radical (unpaired) electrons. The molecule has 2 aliphatic rings. The van der Waals surface area contributed by atoms with Gasteiger partial charge in [0.05, 0.1) is 0 Å². The Kier molecular flexibility index (Phi) is 3.31. The van der Waals surface area contributed by atoms with Crippen LogP contribution >= 0.6 is 7.74 Å². The summed E-state index contributed by atoms with van der Waals surface area (Å²) >= 11 is 0. The molecule has 24 heavy (non-hydrogen) atoms. The summed E-state index contributed by atoms with van der Waals surface area (Å²) in [6.07, 6.45) is -2.27. The second-order valence-electron chi connectivity index (χ2n) is 5.38. The number of imidazole rings is 1. The van der Waals surface area contributed by atoms with Crippen molar-refractivity contribution >= 4 is 24.7 Å². The van der Waals surface area contributed by atoms with Crippen LogP contribution in [0.1, 0.15) is 6.23 Å². The van der Waals surface area contributed by atoms with Gasteiger partial charge >= 0.3 is 132 Å². The summed E-state index contributed by atoms with van der Waals surface area (Å²) < 4.78 is 19.7. The van der Waals surface area contributed by atoms with Gasteiger partial charge in [-0.25, -0.2) is 0 Å². The first-order valence-electron chi connectivity index (χ1n) is 6.77. The van der Waals surface area contributed by atoms with Crippen molar-refractivity contribution in [3.63, 3.8) is 0 Å². The second-order valence-corrected chi connectivity index (χ2v) is 7.54. The fourth-order valence-corrected chi connectivity index (χ4v) is 3.28. The van der Waals surface area contributed by atoms with E-state index in [-0.39, 0.29) is 5.82 Å². The molecule has 0 unspecified atom stereocenters. The van der Waals surface area contributed by atoms with Gasteiger partial charge in [-0.2, -0.15) is 0 Å². The van der Waals surface area contributed by atoms with Gasteiger partial charge in [0.1, 0.15) is 0 Å². The van der Waals surface area contributed by atoms with Crippen LogP contribution in [0.5, 0.6) is 0 Å². The van der Waals surface area contributed by atoms with Crippen molar-refractivity contribution in [3.05, 3.63) is 12.7 Å². The summed E-state index contributed by atoms with van der Waals surface area (Å²) in [6, 6.07) is 0. The van der Waals surface area contributed by atoms with E-state index in [0.717, 1.165) is 0 Å². The maximum absolute atomic E-state index is 10.2. The van der Waals surface area contributed by atoms with E-state index in [0.29, 0.717) is 11.2 Å². The van der Waals surface area contributed by atoms with Gasteiger partial charge in [0, 0.05) is 0 Å². The first-order chi connectivity index (χ1) is 11.3. The molecule has 2 aliphatic heterocycles. The van der Waals surface area contributed by atoms with Crippen LogP contribution < -0.4 is 5.73 Å². The summed E-state index contributed by atoms with van der Waals surface area (Å²) in [5, 5.41) is 20.3. The zero-order valence-corrected chi connectivity index (χ0v) is 12.8. The second kappa shape index (κ2) is 4.98. The Morgan fingerprint density at radius 2 is 1.96 bits per heavy atom. The molecule has 0 spiro atoms. The molecule has 0 amide bonds. The summed E-state index contributed by atoms with van der Waals surface area (Å²) in [5.41, 5.74) is 6.32. The molecule has 132 valence electrons. The van der Waals surface area contributed by atoms with Crippen LogP contribution in [0.3, 0.4) is 0 Å². The normalized spacial score (nSPS) is 35.6. The number of aliphatic hydroxyl groups is 2. The fourth-order valence-electron chi connectivity index (χ4n) is 2.44. The topological polar surface area (TPSA) is 194 Å². The summed E-state index contributed by atoms with van der Waals surface area (Å²) in [7, 11) is -4.96. The Morgan fingerprint density at radius 1 is 1.21 bits per heavy atom. The Bertz CT molecular complexity index is 793. The zero-order valence-electron chi connectivity index (χ0n) is 11.9. The average molecular weight is 363 g/mol. The number of fused-ring (bicyclic) bond motifs is 1. The Hall–Kier alpha value is -1.54. The predicted molar refractivity (Wildman–Crippen MR) is 75.1 cm³/mol. The van der Waals surface area contributed by atoms with Crippen molar-refractivity contribution < 1.29 is 38.6 Å². The molecule has 0 bridgehead atoms. The predicted octanol–water partition coefficient (Wildman–Crippen LogP) is -1.88. The molecule has 2 saturated heterocycles. The van der Waals surface area contributed by atoms with Gasteiger partial charge in [-0.1, -0.05) is 0 Å². The zero-order chi connectivity index (χ0) is 17.1. The van der Waals surface area contributed by atoms with Crippen LogP contribution in [0.15, 0.2) is 12.7 Å². The number of ether oxygens (including phenoxy) is 1. The third-order valence-electron chi connectivity index (χ3n) is 3.73. The average Bonchev–Trinajstić information content (AvgIpc) is 2.90. The maximum atomic E-state index is 10.2. The van der Waals surface area contributed by atoms with E-state index in [4.69, 9.17) is 15.0 Å². The molecule has 0 saturated carbocycles. The molecular formula is C10H14N5O8P. The van der Waals surface area contributed by atoms with Gasteiger partial charge in [0.2, 0.25) is 0 Å². The summed E-state index contributed by atoms with van der Waals surface area (Å²) in [4.78, 5) is 30.7. The number of nitrogens with two attached hydrogens (primary N) is 1. The molecule has 13 nitrogen and oxygen atoms in total. The van der Waals surface area contributed by atoms with E-state index in [1.807, 2.05) is 0 Å². The number of hydrogen-bond acceptors (Lipinski definition) is 12. The molecular weight excluding hydrogens is 349 g/mol. The molecule has 0 aromatic carbocycles. The van der Waals surface area contributed by atoms with Crippen molar-refractivity contribution in [1.29, 1.82) is 0 Å². The van der Waals surface area contributed by atoms with Crippen molar-refractivity contribution in [1.82, 2.24) is 19.5 Å². The molecule has 6 N–H and O–H groups in total. The van der Waals surface area contributed by atoms with Crippen LogP contribution in [0, 0.1) is 0 Å². The monoisotopic (exact) mass is 363 g/mol. The Balaban J connectivity index is 1.56. The van der Waals surface area contributed by atoms with Crippen molar-refractivity contribution in [2.75, 3.05) is 12.3 Å². The Labute approximate surface area is 133 Å². The molecule has 14 heteroatoms. The molecule has 0 aliphatic carbocycles. The first-order valence-corrected chi connectivity index (χ1v) is 8.67. The quantitative estimate of drug-likeness (QED) is 0.231. The van der Waals surface area contributed by atoms with Gasteiger partial charge in [-0.3, -0.25) is 0 Å². The van der Waals surface area contributed by atoms with E-state index in [2.05, 4.69) is 24.3 Å². The van der Waals surface area contributed by atoms with E-state index < -0.39 is 38.9 Å². The number of nitrogens with zero attached hydrogens (tertiary/aromatic N) is 4. The minimum absolute atomic E-state index is 0.157. The van der Waals surface area contributed by atoms with Crippen LogP contribution in [0.2, 0.25) is 0 Å². The van der Waals surface area contributed by atoms with Gasteiger partial charge < -0.3 is 0 Å². The van der Waals surface area contributed by atoms with E-state index in [1.165, 1.54) is 17.2 Å². The van der Waals surface area contributed by atoms with Gasteiger partial charge in [0.25, 0.3) is 0 Å². The van der Waals surface area contributed by atoms with Gasteiger partial charge in [-0.15, -0.1) is 0 Å². The molecule has 2 aromatic heterocycles. The molecule has 4 rings (SSSR count). The third-order valence-corrected chi connectivity index (χ3v) is 4.86. The minimum atomic E-state index is -4.96. The Morgan fingerprint density at radius 3 is 2.67 bits per heavy atom.